The van der Waals surface area contributed by atoms with Crippen molar-refractivity contribution in [3.63, 3.8) is 0 Å². The van der Waals surface area contributed by atoms with E-state index < -0.39 is 35.6 Å². The number of carbonyl (C=O) groups is 6. The van der Waals surface area contributed by atoms with Gasteiger partial charge in [-0.15, -0.1) is 0 Å². The topological polar surface area (TPSA) is 213 Å². The normalized spacial score (nSPS) is 14.9. The van der Waals surface area contributed by atoms with E-state index >= 15 is 0 Å². The molecule has 6 N–H and O–H groups in total. The molecule has 2 saturated heterocycles. The number of hydrogen-bond donors (Lipinski definition) is 4. The second-order valence-corrected chi connectivity index (χ2v) is 18.0. The Balaban J connectivity index is 0.992. The van der Waals surface area contributed by atoms with Crippen molar-refractivity contribution < 1.29 is 47.0 Å². The van der Waals surface area contributed by atoms with E-state index in [0.29, 0.717) is 32.9 Å². The van der Waals surface area contributed by atoms with Crippen LogP contribution in [0.5, 0.6) is 11.5 Å². The summed E-state index contributed by atoms with van der Waals surface area (Å²) in [6, 6.07) is 23.5. The van der Waals surface area contributed by atoms with Gasteiger partial charge >= 0.3 is 11.9 Å². The molecule has 366 valence electrons. The van der Waals surface area contributed by atoms with Crippen molar-refractivity contribution >= 4 is 57.4 Å². The Kier molecular flexibility index (Phi) is 15.6. The van der Waals surface area contributed by atoms with Crippen LogP contribution in [0.4, 0.5) is 8.78 Å². The molecular weight excluding hydrogens is 903 g/mol. The maximum atomic E-state index is 13.7. The van der Waals surface area contributed by atoms with Crippen LogP contribution in [0, 0.1) is 11.6 Å². The molecule has 18 heteroatoms. The SMILES string of the molecule is NC(=O)CNC(=O)Cc1ccc2c(OC(=O)C(=O)Oc3cn(C4CCN(CCc5ccc(F)cc5)CC4)c4cc(CC(=O)NCC(N)=O)ccc34)cn(C3CCN(CCc4ccc(F)cc4)CC3)c2c1. The fourth-order valence-corrected chi connectivity index (χ4v) is 9.39. The van der Waals surface area contributed by atoms with Crippen molar-refractivity contribution in [2.45, 2.75) is 63.5 Å². The summed E-state index contributed by atoms with van der Waals surface area (Å²) in [7, 11) is 0. The maximum absolute atomic E-state index is 13.7. The first-order chi connectivity index (χ1) is 33.7. The molecule has 16 nitrogen and oxygen atoms in total. The lowest BCUT2D eigenvalue weighted by molar-refractivity contribution is -0.156. The molecule has 0 spiro atoms. The Bertz CT molecular complexity index is 2690. The number of piperidine rings is 2. The molecule has 0 aliphatic carbocycles. The standard InChI is InChI=1S/C52H56F2N8O8/c53-37-7-1-33(2-8-37)13-19-59-21-15-39(16-22-59)61-31-45(41-11-5-35(25-43(41)61)27-49(65)57-29-47(55)63)69-51(67)52(68)70-46-32-62(44-26-36(6-12-42(44)46)28-50(66)58-30-48(56)64)40-17-23-60(24-18-40)20-14-34-3-9-38(54)10-4-34/h1-12,25-26,31-32,39-40H,13-24,27-30H2,(H2,55,63)(H2,56,64)(H,57,65)(H,58,66). The molecule has 0 bridgehead atoms. The van der Waals surface area contributed by atoms with E-state index in [2.05, 4.69) is 20.4 Å². The Hall–Kier alpha value is -7.44. The van der Waals surface area contributed by atoms with Crippen molar-refractivity contribution in [2.75, 3.05) is 52.4 Å². The fraction of sp³-hybridized carbons (Fsp3) is 0.346. The summed E-state index contributed by atoms with van der Waals surface area (Å²) in [4.78, 5) is 80.2. The number of primary amides is 2. The van der Waals surface area contributed by atoms with E-state index in [4.69, 9.17) is 20.9 Å². The summed E-state index contributed by atoms with van der Waals surface area (Å²) < 4.78 is 42.6. The van der Waals surface area contributed by atoms with Crippen molar-refractivity contribution in [3.8, 4) is 11.5 Å². The van der Waals surface area contributed by atoms with Crippen LogP contribution in [0.15, 0.2) is 97.3 Å². The molecule has 6 aromatic rings. The molecule has 2 aliphatic heterocycles. The van der Waals surface area contributed by atoms with Gasteiger partial charge in [0, 0.05) is 74.5 Å². The number of aromatic nitrogens is 2. The van der Waals surface area contributed by atoms with Gasteiger partial charge in [-0.05, 0) is 109 Å². The van der Waals surface area contributed by atoms with Gasteiger partial charge < -0.3 is 50.5 Å². The van der Waals surface area contributed by atoms with E-state index in [1.54, 1.807) is 60.9 Å². The van der Waals surface area contributed by atoms with E-state index in [9.17, 15) is 37.5 Å². The number of amides is 4. The molecular formula is C52H56F2N8O8. The van der Waals surface area contributed by atoms with Gasteiger partial charge in [0.2, 0.25) is 23.6 Å². The predicted molar refractivity (Wildman–Crippen MR) is 257 cm³/mol. The summed E-state index contributed by atoms with van der Waals surface area (Å²) in [6.45, 7) is 4.10. The molecule has 4 amide bonds. The molecule has 2 aliphatic rings. The lowest BCUT2D eigenvalue weighted by Crippen LogP contribution is -2.35. The lowest BCUT2D eigenvalue weighted by atomic mass is 10.0. The number of fused-ring (bicyclic) bond motifs is 2. The largest absolute Gasteiger partial charge is 0.423 e. The van der Waals surface area contributed by atoms with Crippen LogP contribution in [-0.4, -0.2) is 107 Å². The highest BCUT2D eigenvalue weighted by atomic mass is 19.1. The monoisotopic (exact) mass is 958 g/mol. The first kappa shape index (κ1) is 49.0. The van der Waals surface area contributed by atoms with Crippen molar-refractivity contribution in [2.24, 2.45) is 11.5 Å². The van der Waals surface area contributed by atoms with Gasteiger partial charge in [-0.2, -0.15) is 0 Å². The van der Waals surface area contributed by atoms with E-state index in [1.807, 2.05) is 21.3 Å². The molecule has 2 fully saturated rings. The minimum atomic E-state index is -1.25. The third-order valence-electron chi connectivity index (χ3n) is 13.1. The van der Waals surface area contributed by atoms with Gasteiger partial charge in [-0.25, -0.2) is 18.4 Å². The van der Waals surface area contributed by atoms with Gasteiger partial charge in [0.05, 0.1) is 37.0 Å². The third kappa shape index (κ3) is 12.6. The number of rotatable bonds is 18. The Morgan fingerprint density at radius 2 is 0.886 bits per heavy atom. The highest BCUT2D eigenvalue weighted by Gasteiger charge is 2.29. The molecule has 0 unspecified atom stereocenters. The fourth-order valence-electron chi connectivity index (χ4n) is 9.39. The third-order valence-corrected chi connectivity index (χ3v) is 13.1. The molecule has 70 heavy (non-hydrogen) atoms. The lowest BCUT2D eigenvalue weighted by Gasteiger charge is -2.33. The molecule has 2 aromatic heterocycles. The zero-order valence-electron chi connectivity index (χ0n) is 38.7. The number of esters is 2. The second kappa shape index (κ2) is 22.3. The highest BCUT2D eigenvalue weighted by Crippen LogP contribution is 2.37. The van der Waals surface area contributed by atoms with Crippen LogP contribution in [0.3, 0.4) is 0 Å². The number of nitrogens with zero attached hydrogens (tertiary/aromatic N) is 4. The maximum Gasteiger partial charge on any atom is 0.423 e. The van der Waals surface area contributed by atoms with Gasteiger partial charge in [0.25, 0.3) is 0 Å². The van der Waals surface area contributed by atoms with Crippen LogP contribution < -0.4 is 31.6 Å². The highest BCUT2D eigenvalue weighted by molar-refractivity contribution is 6.31. The summed E-state index contributed by atoms with van der Waals surface area (Å²) in [5.74, 6) is -4.90. The Labute approximate surface area is 402 Å². The van der Waals surface area contributed by atoms with Crippen LogP contribution in [0.2, 0.25) is 0 Å². The van der Waals surface area contributed by atoms with E-state index in [0.717, 1.165) is 88.9 Å². The number of ether oxygens (including phenoxy) is 2. The Morgan fingerprint density at radius 3 is 1.24 bits per heavy atom. The van der Waals surface area contributed by atoms with Gasteiger partial charge in [-0.3, -0.25) is 19.2 Å². The molecule has 8 rings (SSSR count). The average Bonchev–Trinajstić information content (AvgIpc) is 3.89. The van der Waals surface area contributed by atoms with Crippen LogP contribution in [-0.2, 0) is 54.5 Å². The molecule has 0 atom stereocenters. The summed E-state index contributed by atoms with van der Waals surface area (Å²) >= 11 is 0. The smallest absolute Gasteiger partial charge is 0.416 e. The average molecular weight is 959 g/mol. The zero-order valence-corrected chi connectivity index (χ0v) is 38.7. The van der Waals surface area contributed by atoms with E-state index in [-0.39, 0.29) is 61.1 Å². The first-order valence-electron chi connectivity index (χ1n) is 23.5. The van der Waals surface area contributed by atoms with Gasteiger partial charge in [-0.1, -0.05) is 36.4 Å². The molecule has 4 heterocycles. The number of nitrogens with two attached hydrogens (primary N) is 2. The zero-order chi connectivity index (χ0) is 49.3. The minimum Gasteiger partial charge on any atom is -0.416 e. The quantitative estimate of drug-likeness (QED) is 0.0703. The van der Waals surface area contributed by atoms with Crippen LogP contribution in [0.25, 0.3) is 21.8 Å². The second-order valence-electron chi connectivity index (χ2n) is 18.0. The summed E-state index contributed by atoms with van der Waals surface area (Å²) in [6.07, 6.45) is 7.89. The van der Waals surface area contributed by atoms with Crippen LogP contribution in [0.1, 0.15) is 60.0 Å². The van der Waals surface area contributed by atoms with Gasteiger partial charge in [0.15, 0.2) is 11.5 Å². The number of hydrogen-bond acceptors (Lipinski definition) is 10. The number of likely N-dealkylation sites (tertiary alicyclic amines) is 2. The van der Waals surface area contributed by atoms with Crippen molar-refractivity contribution in [1.29, 1.82) is 0 Å². The molecule has 4 aromatic carbocycles. The number of nitrogens with one attached hydrogen (secondary N) is 2. The Morgan fingerprint density at radius 1 is 0.529 bits per heavy atom. The van der Waals surface area contributed by atoms with Gasteiger partial charge in [0.1, 0.15) is 11.6 Å². The first-order valence-corrected chi connectivity index (χ1v) is 23.5. The number of carbonyl (C=O) groups excluding carboxylic acids is 6. The van der Waals surface area contributed by atoms with Crippen LogP contribution >= 0.6 is 0 Å². The van der Waals surface area contributed by atoms with Crippen molar-refractivity contribution in [3.05, 3.63) is 131 Å². The number of benzene rings is 4. The summed E-state index contributed by atoms with van der Waals surface area (Å²) in [5.41, 5.74) is 15.2. The van der Waals surface area contributed by atoms with E-state index in [1.165, 1.54) is 24.3 Å². The summed E-state index contributed by atoms with van der Waals surface area (Å²) in [5, 5.41) is 6.08. The molecule has 0 radical (unpaired) electrons. The van der Waals surface area contributed by atoms with Crippen molar-refractivity contribution in [1.82, 2.24) is 29.6 Å². The number of halogens is 2. The molecule has 0 saturated carbocycles. The predicted octanol–water partition coefficient (Wildman–Crippen LogP) is 4.43. The minimum absolute atomic E-state index is 0.0187.